The Hall–Kier alpha value is -8.14. The highest BCUT2D eigenvalue weighted by atomic mass is 16.6. The van der Waals surface area contributed by atoms with Crippen LogP contribution in [0.3, 0.4) is 0 Å². The maximum atomic E-state index is 14.2. The number of hydrazone groups is 1. The first-order valence-electron chi connectivity index (χ1n) is 25.1. The Morgan fingerprint density at radius 2 is 1.58 bits per heavy atom. The lowest BCUT2D eigenvalue weighted by molar-refractivity contribution is -0.137. The monoisotopic (exact) mass is 1050 g/mol. The van der Waals surface area contributed by atoms with Crippen molar-refractivity contribution in [2.75, 3.05) is 23.8 Å². The van der Waals surface area contributed by atoms with Crippen LogP contribution in [0.1, 0.15) is 103 Å². The zero-order valence-corrected chi connectivity index (χ0v) is 44.6. The van der Waals surface area contributed by atoms with Crippen LogP contribution in [0.2, 0.25) is 0 Å². The summed E-state index contributed by atoms with van der Waals surface area (Å²) in [6.45, 7) is 14.2. The second-order valence-corrected chi connectivity index (χ2v) is 20.9. The fourth-order valence-electron chi connectivity index (χ4n) is 9.01. The number of amides is 8. The summed E-state index contributed by atoms with van der Waals surface area (Å²) in [4.78, 5) is 109. The number of primary amides is 1. The van der Waals surface area contributed by atoms with Gasteiger partial charge < -0.3 is 52.5 Å². The average Bonchev–Trinajstić information content (AvgIpc) is 4.07. The van der Waals surface area contributed by atoms with E-state index in [1.807, 2.05) is 58.9 Å². The minimum absolute atomic E-state index is 0.0970. The molecule has 13 N–H and O–H groups in total. The number of hydrogen-bond acceptors (Lipinski definition) is 12. The Labute approximate surface area is 442 Å². The molecule has 0 spiro atoms. The highest BCUT2D eigenvalue weighted by molar-refractivity contribution is 6.52. The predicted octanol–water partition coefficient (Wildman–Crippen LogP) is 2.60. The summed E-state index contributed by atoms with van der Waals surface area (Å²) >= 11 is 0. The van der Waals surface area contributed by atoms with Gasteiger partial charge in [0.25, 0.3) is 0 Å². The number of ether oxygens (including phenoxy) is 1. The van der Waals surface area contributed by atoms with E-state index in [1.165, 1.54) is 17.9 Å². The first-order chi connectivity index (χ1) is 35.8. The smallest absolute Gasteiger partial charge is 0.421 e. The molecule has 2 unspecified atom stereocenters. The molecule has 5 rings (SSSR count). The summed E-state index contributed by atoms with van der Waals surface area (Å²) in [7, 11) is 1.58. The summed E-state index contributed by atoms with van der Waals surface area (Å²) in [5, 5.41) is 31.0. The van der Waals surface area contributed by atoms with Gasteiger partial charge in [-0.2, -0.15) is 5.10 Å². The van der Waals surface area contributed by atoms with E-state index >= 15 is 0 Å². The second kappa shape index (κ2) is 25.4. The van der Waals surface area contributed by atoms with Crippen molar-refractivity contribution in [1.29, 1.82) is 0 Å². The molecule has 3 aromatic carbocycles. The molecule has 0 radical (unpaired) electrons. The van der Waals surface area contributed by atoms with E-state index in [1.54, 1.807) is 74.3 Å². The van der Waals surface area contributed by atoms with Gasteiger partial charge in [-0.25, -0.2) is 19.8 Å². The normalized spacial score (nSPS) is 17.9. The number of likely N-dealkylation sites (N-methyl/N-ethyl adjacent to an activating group) is 1. The number of nitrogens with zero attached hydrogens (tertiary/aromatic N) is 3. The van der Waals surface area contributed by atoms with Crippen LogP contribution in [0.25, 0.3) is 0 Å². The molecule has 3 aromatic rings. The van der Waals surface area contributed by atoms with Crippen LogP contribution in [-0.4, -0.2) is 106 Å². The second-order valence-electron chi connectivity index (χ2n) is 20.9. The van der Waals surface area contributed by atoms with Crippen LogP contribution >= 0.6 is 0 Å². The number of carboxylic acids is 1. The molecule has 0 bridgehead atoms. The third-order valence-electron chi connectivity index (χ3n) is 13.5. The number of aliphatic carboxylic acids is 1. The lowest BCUT2D eigenvalue weighted by atomic mass is 9.85. The van der Waals surface area contributed by atoms with E-state index in [0.717, 1.165) is 5.56 Å². The van der Waals surface area contributed by atoms with Crippen LogP contribution in [0.4, 0.5) is 21.0 Å². The Morgan fingerprint density at radius 1 is 0.934 bits per heavy atom. The van der Waals surface area contributed by atoms with Crippen molar-refractivity contribution in [3.8, 4) is 0 Å². The molecule has 22 nitrogen and oxygen atoms in total. The Bertz CT molecular complexity index is 2750. The number of carbonyl (C=O) groups is 8. The van der Waals surface area contributed by atoms with E-state index in [-0.39, 0.29) is 62.3 Å². The van der Waals surface area contributed by atoms with E-state index < -0.39 is 76.7 Å². The van der Waals surface area contributed by atoms with Crippen LogP contribution in [0, 0.1) is 23.2 Å². The Morgan fingerprint density at radius 3 is 2.18 bits per heavy atom. The number of urea groups is 1. The third kappa shape index (κ3) is 14.8. The summed E-state index contributed by atoms with van der Waals surface area (Å²) in [5.41, 5.74) is 12.6. The van der Waals surface area contributed by atoms with Crippen molar-refractivity contribution < 1.29 is 53.6 Å². The van der Waals surface area contributed by atoms with Gasteiger partial charge in [-0.3, -0.25) is 34.8 Å². The summed E-state index contributed by atoms with van der Waals surface area (Å²) < 4.78 is 5.41. The molecule has 2 aliphatic rings. The van der Waals surface area contributed by atoms with Gasteiger partial charge >= 0.3 is 18.1 Å². The van der Waals surface area contributed by atoms with Gasteiger partial charge in [0.2, 0.25) is 35.2 Å². The van der Waals surface area contributed by atoms with Crippen LogP contribution in [-0.2, 0) is 46.7 Å². The Kier molecular flexibility index (Phi) is 19.6. The standard InChI is InChI=1S/C54H72N12O10/c1-30(2)40(26-32(5)49(71)72)65(9)48(70)46(53(6,7)8)63-64-52(75)76-29-33-18-20-36(21-19-33)59-50(73)54(27-35(54)24-25-58-51(56)74)61-47(69)44(31(3)4)60-41(67)22-23-42(68)66-28-34-14-10-11-15-37(34)43(55)45(62-57)38-16-12-13-17-39(38)66/h10-21,26,30-31,35,40,44,46,55,63H,22-25,27-29,57H2,1-9H3,(H,59,73)(H,60,67)(H,61,69)(H,64,75)(H,71,72)(H3,56,58,74)/p+1/b32-26+,55-43?,62-45?/t35?,40-,44+,46-,54?/m1/s1. The number of carbonyl (C=O) groups excluding carboxylic acids is 7. The van der Waals surface area contributed by atoms with Gasteiger partial charge in [0.15, 0.2) is 5.71 Å². The molecular weight excluding hydrogens is 977 g/mol. The quantitative estimate of drug-likeness (QED) is 0.0418. The first-order valence-corrected chi connectivity index (χ1v) is 25.1. The minimum atomic E-state index is -1.43. The molecule has 1 aliphatic heterocycles. The fourth-order valence-corrected chi connectivity index (χ4v) is 9.01. The van der Waals surface area contributed by atoms with Gasteiger partial charge in [0.05, 0.1) is 23.8 Å². The van der Waals surface area contributed by atoms with Crippen molar-refractivity contribution >= 4 is 70.4 Å². The number of nitrogens with one attached hydrogen (secondary N) is 6. The van der Waals surface area contributed by atoms with Gasteiger partial charge in [-0.15, -0.1) is 0 Å². The van der Waals surface area contributed by atoms with Crippen LogP contribution in [0.5, 0.6) is 0 Å². The molecule has 5 atom stereocenters. The first kappa shape index (κ1) is 58.7. The van der Waals surface area contributed by atoms with E-state index in [2.05, 4.69) is 37.2 Å². The molecule has 1 fully saturated rings. The topological polar surface area (TPSA) is 335 Å². The number of rotatable bonds is 21. The molecule has 0 aromatic heterocycles. The molecule has 408 valence electrons. The van der Waals surface area contributed by atoms with Crippen LogP contribution < -0.4 is 54.0 Å². The summed E-state index contributed by atoms with van der Waals surface area (Å²) in [6.07, 6.45) is 0.686. The van der Waals surface area contributed by atoms with Crippen LogP contribution in [0.15, 0.2) is 89.5 Å². The number of hydrogen-bond donors (Lipinski definition) is 10. The zero-order valence-electron chi connectivity index (χ0n) is 44.6. The number of para-hydroxylation sites is 1. The number of hydrazine groups is 1. The molecular formula is C54H73N12O10+. The molecule has 1 saturated carbocycles. The largest absolute Gasteiger partial charge is 0.478 e. The van der Waals surface area contributed by atoms with Crippen molar-refractivity contribution in [2.24, 2.45) is 39.8 Å². The Balaban J connectivity index is 1.21. The highest BCUT2D eigenvalue weighted by Crippen LogP contribution is 2.47. The average molecular weight is 1050 g/mol. The van der Waals surface area contributed by atoms with Crippen molar-refractivity contribution in [3.63, 3.8) is 0 Å². The predicted molar refractivity (Wildman–Crippen MR) is 286 cm³/mol. The van der Waals surface area contributed by atoms with E-state index in [9.17, 15) is 43.5 Å². The third-order valence-corrected chi connectivity index (χ3v) is 13.5. The van der Waals surface area contributed by atoms with Crippen molar-refractivity contribution in [1.82, 2.24) is 31.7 Å². The maximum absolute atomic E-state index is 14.2. The minimum Gasteiger partial charge on any atom is -0.478 e. The zero-order chi connectivity index (χ0) is 56.2. The number of nitrogens with two attached hydrogens (primary N) is 3. The van der Waals surface area contributed by atoms with Crippen molar-refractivity contribution in [2.45, 2.75) is 118 Å². The lowest BCUT2D eigenvalue weighted by Gasteiger charge is -2.37. The highest BCUT2D eigenvalue weighted by Gasteiger charge is 2.61. The molecule has 1 aliphatic carbocycles. The number of anilines is 2. The van der Waals surface area contributed by atoms with Gasteiger partial charge in [-0.1, -0.05) is 103 Å². The number of fused-ring (bicyclic) bond motifs is 2. The summed E-state index contributed by atoms with van der Waals surface area (Å²) in [5.74, 6) is 1.28. The number of carboxylic acid groups (broad SMARTS) is 1. The van der Waals surface area contributed by atoms with Crippen molar-refractivity contribution in [3.05, 3.63) is 107 Å². The molecule has 8 amide bonds. The SMILES string of the molecule is C/C(=C\[C@H](C(C)C)N(C)C(=O)[C@@H](NNC(=O)OCc1ccc(NC(=O)C2(NC(=O)[C@@H](NC(=O)CCC(=O)N3Cc4ccccc4C(=[NH2+])C(=NN)c4ccccc43)C(C)C)CC2CCNC(N)=O)cc1)C(C)(C)C)C(=O)O. The van der Waals surface area contributed by atoms with Gasteiger partial charge in [0, 0.05) is 43.3 Å². The van der Waals surface area contributed by atoms with Gasteiger partial charge in [-0.05, 0) is 78.3 Å². The molecule has 22 heteroatoms. The molecule has 1 heterocycles. The van der Waals surface area contributed by atoms with E-state index in [4.69, 9.17) is 21.7 Å². The maximum Gasteiger partial charge on any atom is 0.421 e. The molecule has 76 heavy (non-hydrogen) atoms. The van der Waals surface area contributed by atoms with E-state index in [0.29, 0.717) is 45.9 Å². The van der Waals surface area contributed by atoms with Gasteiger partial charge in [0.1, 0.15) is 24.2 Å². The lowest BCUT2D eigenvalue weighted by Crippen LogP contribution is -2.59. The summed E-state index contributed by atoms with van der Waals surface area (Å²) in [6, 6.07) is 17.5. The molecule has 0 saturated heterocycles. The number of benzene rings is 3. The fraction of sp³-hybridized carbons (Fsp3) is 0.444.